The summed E-state index contributed by atoms with van der Waals surface area (Å²) in [6.07, 6.45) is 1.21. The van der Waals surface area contributed by atoms with Crippen molar-refractivity contribution < 1.29 is 4.79 Å². The first-order valence-corrected chi connectivity index (χ1v) is 8.15. The molecule has 20 heavy (non-hydrogen) atoms. The predicted octanol–water partition coefficient (Wildman–Crippen LogP) is 3.57. The number of halogens is 1. The molecule has 0 amide bonds. The number of nitrogens with zero attached hydrogens (tertiary/aromatic N) is 2. The molecule has 4 heteroatoms. The van der Waals surface area contributed by atoms with E-state index >= 15 is 0 Å². The van der Waals surface area contributed by atoms with Gasteiger partial charge in [-0.15, -0.1) is 0 Å². The third-order valence-electron chi connectivity index (χ3n) is 4.19. The minimum Gasteiger partial charge on any atom is -0.369 e. The number of likely N-dealkylation sites (N-methyl/N-ethyl adjacent to an activating group) is 1. The maximum absolute atomic E-state index is 11.4. The van der Waals surface area contributed by atoms with Gasteiger partial charge < -0.3 is 4.90 Å². The Kier molecular flexibility index (Phi) is 5.22. The van der Waals surface area contributed by atoms with Gasteiger partial charge in [0.25, 0.3) is 0 Å². The molecular formula is C16H23BrN2O. The van der Waals surface area contributed by atoms with Gasteiger partial charge in [0.1, 0.15) is 0 Å². The number of hydrogen-bond acceptors (Lipinski definition) is 3. The van der Waals surface area contributed by atoms with Gasteiger partial charge in [-0.05, 0) is 60.6 Å². The molecule has 110 valence electrons. The van der Waals surface area contributed by atoms with Crippen molar-refractivity contribution in [1.29, 1.82) is 0 Å². The molecule has 1 unspecified atom stereocenters. The molecule has 1 aliphatic heterocycles. The van der Waals surface area contributed by atoms with E-state index in [0.29, 0.717) is 6.04 Å². The molecule has 1 saturated heterocycles. The molecule has 3 nitrogen and oxygen atoms in total. The van der Waals surface area contributed by atoms with Crippen molar-refractivity contribution in [2.24, 2.45) is 0 Å². The fraction of sp³-hybridized carbons (Fsp3) is 0.562. The van der Waals surface area contributed by atoms with Crippen LogP contribution >= 0.6 is 15.9 Å². The normalized spacial score (nSPS) is 18.9. The van der Waals surface area contributed by atoms with Crippen molar-refractivity contribution in [2.75, 3.05) is 31.1 Å². The molecule has 0 radical (unpaired) electrons. The number of ketones is 1. The number of Topliss-reactive ketones (excluding diaryl/α,β-unsaturated/α-hetero) is 1. The van der Waals surface area contributed by atoms with Crippen LogP contribution in [0.4, 0.5) is 5.69 Å². The summed E-state index contributed by atoms with van der Waals surface area (Å²) in [5.74, 6) is 0.111. The fourth-order valence-corrected chi connectivity index (χ4v) is 3.61. The van der Waals surface area contributed by atoms with Crippen LogP contribution in [0.1, 0.15) is 37.6 Å². The Labute approximate surface area is 130 Å². The highest BCUT2D eigenvalue weighted by Crippen LogP contribution is 2.31. The third kappa shape index (κ3) is 3.23. The van der Waals surface area contributed by atoms with E-state index in [1.807, 2.05) is 12.1 Å². The number of anilines is 1. The molecule has 1 heterocycles. The lowest BCUT2D eigenvalue weighted by Gasteiger charge is -2.27. The van der Waals surface area contributed by atoms with E-state index in [1.54, 1.807) is 6.92 Å². The van der Waals surface area contributed by atoms with Gasteiger partial charge >= 0.3 is 0 Å². The summed E-state index contributed by atoms with van der Waals surface area (Å²) < 4.78 is 1.02. The highest BCUT2D eigenvalue weighted by atomic mass is 79.9. The van der Waals surface area contributed by atoms with Gasteiger partial charge in [0, 0.05) is 29.2 Å². The Morgan fingerprint density at radius 1 is 1.40 bits per heavy atom. The van der Waals surface area contributed by atoms with Gasteiger partial charge in [0.05, 0.1) is 5.69 Å². The summed E-state index contributed by atoms with van der Waals surface area (Å²) in [7, 11) is 0. The molecule has 1 aliphatic rings. The molecule has 1 aromatic carbocycles. The molecule has 0 spiro atoms. The average Bonchev–Trinajstić information content (AvgIpc) is 2.89. The summed E-state index contributed by atoms with van der Waals surface area (Å²) in [5.41, 5.74) is 1.96. The zero-order valence-electron chi connectivity index (χ0n) is 12.5. The second-order valence-electron chi connectivity index (χ2n) is 5.33. The van der Waals surface area contributed by atoms with Crippen LogP contribution in [0.5, 0.6) is 0 Å². The molecular weight excluding hydrogens is 316 g/mol. The van der Waals surface area contributed by atoms with E-state index in [0.717, 1.165) is 36.2 Å². The zero-order chi connectivity index (χ0) is 14.7. The molecule has 1 fully saturated rings. The molecule has 0 bridgehead atoms. The first-order chi connectivity index (χ1) is 9.56. The average molecular weight is 339 g/mol. The molecule has 1 atom stereocenters. The van der Waals surface area contributed by atoms with Crippen LogP contribution in [-0.4, -0.2) is 42.9 Å². The van der Waals surface area contributed by atoms with Gasteiger partial charge in [0.2, 0.25) is 0 Å². The lowest BCUT2D eigenvalue weighted by Crippen LogP contribution is -2.37. The number of carbonyl (C=O) groups excluding carboxylic acids is 1. The Bertz CT molecular complexity index is 485. The molecule has 0 saturated carbocycles. The van der Waals surface area contributed by atoms with Gasteiger partial charge in [0.15, 0.2) is 5.78 Å². The van der Waals surface area contributed by atoms with Crippen molar-refractivity contribution in [3.63, 3.8) is 0 Å². The summed E-state index contributed by atoms with van der Waals surface area (Å²) >= 11 is 3.61. The first-order valence-electron chi connectivity index (χ1n) is 7.36. The van der Waals surface area contributed by atoms with Crippen molar-refractivity contribution in [3.05, 3.63) is 28.2 Å². The highest BCUT2D eigenvalue weighted by Gasteiger charge is 2.27. The summed E-state index contributed by atoms with van der Waals surface area (Å²) in [4.78, 5) is 16.3. The highest BCUT2D eigenvalue weighted by molar-refractivity contribution is 9.10. The van der Waals surface area contributed by atoms with Crippen molar-refractivity contribution in [3.8, 4) is 0 Å². The molecule has 0 aromatic heterocycles. The summed E-state index contributed by atoms with van der Waals surface area (Å²) in [6, 6.07) is 6.56. The summed E-state index contributed by atoms with van der Waals surface area (Å²) in [6.45, 7) is 10.4. The van der Waals surface area contributed by atoms with E-state index in [4.69, 9.17) is 0 Å². The fourth-order valence-electron chi connectivity index (χ4n) is 2.98. The van der Waals surface area contributed by atoms with Crippen LogP contribution < -0.4 is 4.90 Å². The zero-order valence-corrected chi connectivity index (χ0v) is 14.1. The number of benzene rings is 1. The third-order valence-corrected chi connectivity index (χ3v) is 4.82. The Hall–Kier alpha value is -0.870. The van der Waals surface area contributed by atoms with E-state index < -0.39 is 0 Å². The molecule has 1 aromatic rings. The van der Waals surface area contributed by atoms with Crippen LogP contribution in [-0.2, 0) is 0 Å². The topological polar surface area (TPSA) is 23.6 Å². The first kappa shape index (κ1) is 15.5. The van der Waals surface area contributed by atoms with Crippen LogP contribution in [0.25, 0.3) is 0 Å². The van der Waals surface area contributed by atoms with Gasteiger partial charge in [-0.25, -0.2) is 0 Å². The second-order valence-corrected chi connectivity index (χ2v) is 6.19. The van der Waals surface area contributed by atoms with Crippen LogP contribution in [0.15, 0.2) is 22.7 Å². The smallest absolute Gasteiger partial charge is 0.159 e. The van der Waals surface area contributed by atoms with E-state index in [-0.39, 0.29) is 5.78 Å². The Morgan fingerprint density at radius 3 is 2.65 bits per heavy atom. The van der Waals surface area contributed by atoms with E-state index in [2.05, 4.69) is 45.6 Å². The maximum atomic E-state index is 11.4. The summed E-state index contributed by atoms with van der Waals surface area (Å²) in [5, 5.41) is 0. The lowest BCUT2D eigenvalue weighted by molar-refractivity contribution is 0.101. The minimum atomic E-state index is 0.111. The van der Waals surface area contributed by atoms with E-state index in [9.17, 15) is 4.79 Å². The van der Waals surface area contributed by atoms with Gasteiger partial charge in [-0.2, -0.15) is 0 Å². The SMILES string of the molecule is CCN(CC)C1CCN(c2ccc(C(C)=O)cc2Br)C1. The van der Waals surface area contributed by atoms with Crippen LogP contribution in [0.2, 0.25) is 0 Å². The van der Waals surface area contributed by atoms with E-state index in [1.165, 1.54) is 12.1 Å². The number of rotatable bonds is 5. The van der Waals surface area contributed by atoms with Crippen molar-refractivity contribution >= 4 is 27.4 Å². The molecule has 2 rings (SSSR count). The quantitative estimate of drug-likeness (QED) is 0.766. The molecule has 0 aliphatic carbocycles. The molecule has 0 N–H and O–H groups in total. The monoisotopic (exact) mass is 338 g/mol. The second kappa shape index (κ2) is 6.72. The number of hydrogen-bond donors (Lipinski definition) is 0. The standard InChI is InChI=1S/C16H23BrN2O/c1-4-18(5-2)14-8-9-19(11-14)16-7-6-13(12(3)20)10-15(16)17/h6-7,10,14H,4-5,8-9,11H2,1-3H3. The van der Waals surface area contributed by atoms with Crippen LogP contribution in [0, 0.1) is 0 Å². The number of carbonyl (C=O) groups is 1. The Morgan fingerprint density at radius 2 is 2.10 bits per heavy atom. The lowest BCUT2D eigenvalue weighted by atomic mass is 10.1. The van der Waals surface area contributed by atoms with Crippen LogP contribution in [0.3, 0.4) is 0 Å². The minimum absolute atomic E-state index is 0.111. The van der Waals surface area contributed by atoms with Gasteiger partial charge in [-0.3, -0.25) is 9.69 Å². The van der Waals surface area contributed by atoms with Crippen molar-refractivity contribution in [2.45, 2.75) is 33.2 Å². The predicted molar refractivity (Wildman–Crippen MR) is 87.7 cm³/mol. The van der Waals surface area contributed by atoms with Crippen molar-refractivity contribution in [1.82, 2.24) is 4.90 Å². The Balaban J connectivity index is 2.12. The maximum Gasteiger partial charge on any atom is 0.159 e. The van der Waals surface area contributed by atoms with Gasteiger partial charge in [-0.1, -0.05) is 13.8 Å². The largest absolute Gasteiger partial charge is 0.369 e.